The second-order valence-corrected chi connectivity index (χ2v) is 6.16. The van der Waals surface area contributed by atoms with Gasteiger partial charge in [0.2, 0.25) is 5.16 Å². The van der Waals surface area contributed by atoms with Crippen molar-refractivity contribution in [1.29, 1.82) is 0 Å². The van der Waals surface area contributed by atoms with Crippen molar-refractivity contribution in [2.24, 2.45) is 0 Å². The van der Waals surface area contributed by atoms with Gasteiger partial charge in [0, 0.05) is 17.2 Å². The van der Waals surface area contributed by atoms with Crippen LogP contribution in [0.5, 0.6) is 0 Å². The predicted octanol–water partition coefficient (Wildman–Crippen LogP) is 3.53. The van der Waals surface area contributed by atoms with Crippen molar-refractivity contribution in [2.45, 2.75) is 17.3 Å². The summed E-state index contributed by atoms with van der Waals surface area (Å²) >= 11 is 7.68. The molecular formula is C16H15ClN4S. The van der Waals surface area contributed by atoms with E-state index >= 15 is 0 Å². The van der Waals surface area contributed by atoms with Crippen LogP contribution in [0.1, 0.15) is 17.0 Å². The topological polar surface area (TPSA) is 56.7 Å². The van der Waals surface area contributed by atoms with E-state index in [0.29, 0.717) is 17.3 Å². The molecule has 0 fully saturated rings. The van der Waals surface area contributed by atoms with Gasteiger partial charge >= 0.3 is 0 Å². The first-order valence-corrected chi connectivity index (χ1v) is 8.20. The Morgan fingerprint density at radius 3 is 2.50 bits per heavy atom. The van der Waals surface area contributed by atoms with Crippen molar-refractivity contribution >= 4 is 23.4 Å². The normalized spacial score (nSPS) is 10.8. The minimum atomic E-state index is 0.664. The fraction of sp³-hybridized carbons (Fsp3) is 0.125. The highest BCUT2D eigenvalue weighted by Gasteiger charge is 2.11. The van der Waals surface area contributed by atoms with Gasteiger partial charge in [-0.15, -0.1) is 10.2 Å². The van der Waals surface area contributed by atoms with E-state index in [1.54, 1.807) is 4.68 Å². The van der Waals surface area contributed by atoms with Crippen LogP contribution < -0.4 is 5.84 Å². The lowest BCUT2D eigenvalue weighted by Crippen LogP contribution is -2.14. The predicted molar refractivity (Wildman–Crippen MR) is 90.4 cm³/mol. The molecule has 0 aliphatic carbocycles. The van der Waals surface area contributed by atoms with Crippen LogP contribution in [0.15, 0.2) is 59.8 Å². The molecule has 0 atom stereocenters. The second-order valence-electron chi connectivity index (χ2n) is 4.81. The molecule has 22 heavy (non-hydrogen) atoms. The third kappa shape index (κ3) is 3.43. The molecule has 0 spiro atoms. The highest BCUT2D eigenvalue weighted by Crippen LogP contribution is 2.25. The van der Waals surface area contributed by atoms with Gasteiger partial charge in [-0.25, -0.2) is 4.68 Å². The molecule has 3 rings (SSSR count). The Morgan fingerprint density at radius 1 is 1.00 bits per heavy atom. The van der Waals surface area contributed by atoms with Crippen molar-refractivity contribution in [3.63, 3.8) is 0 Å². The summed E-state index contributed by atoms with van der Waals surface area (Å²) in [5.74, 6) is 7.54. The van der Waals surface area contributed by atoms with E-state index in [1.807, 2.05) is 54.6 Å². The first kappa shape index (κ1) is 14.9. The lowest BCUT2D eigenvalue weighted by Gasteiger charge is -2.05. The molecule has 0 saturated heterocycles. The molecule has 1 heterocycles. The Hall–Kier alpha value is -1.98. The molecular weight excluding hydrogens is 316 g/mol. The van der Waals surface area contributed by atoms with Gasteiger partial charge in [-0.1, -0.05) is 71.9 Å². The van der Waals surface area contributed by atoms with E-state index in [-0.39, 0.29) is 0 Å². The number of nitrogen functional groups attached to an aromatic ring is 1. The number of halogens is 1. The Bertz CT molecular complexity index is 758. The number of nitrogens with two attached hydrogens (primary N) is 1. The van der Waals surface area contributed by atoms with Gasteiger partial charge in [-0.3, -0.25) is 0 Å². The standard InChI is InChI=1S/C16H15ClN4S/c17-14-9-5-4-8-13(14)11-22-16-20-19-15(21(16)18)10-12-6-2-1-3-7-12/h1-9H,10-11,18H2. The smallest absolute Gasteiger partial charge is 0.210 e. The first-order valence-electron chi connectivity index (χ1n) is 6.83. The SMILES string of the molecule is Nn1c(Cc2ccccc2)nnc1SCc1ccccc1Cl. The lowest BCUT2D eigenvalue weighted by molar-refractivity contribution is 0.805. The molecule has 2 N–H and O–H groups in total. The summed E-state index contributed by atoms with van der Waals surface area (Å²) in [6.45, 7) is 0. The minimum Gasteiger partial charge on any atom is -0.336 e. The van der Waals surface area contributed by atoms with Crippen molar-refractivity contribution < 1.29 is 0 Å². The van der Waals surface area contributed by atoms with E-state index in [1.165, 1.54) is 11.8 Å². The number of aromatic nitrogens is 3. The third-order valence-corrected chi connectivity index (χ3v) is 4.62. The van der Waals surface area contributed by atoms with Gasteiger partial charge in [-0.05, 0) is 17.2 Å². The van der Waals surface area contributed by atoms with Crippen LogP contribution in [0.25, 0.3) is 0 Å². The highest BCUT2D eigenvalue weighted by molar-refractivity contribution is 7.98. The first-order chi connectivity index (χ1) is 10.7. The van der Waals surface area contributed by atoms with Crippen LogP contribution in [0.4, 0.5) is 0 Å². The molecule has 0 radical (unpaired) electrons. The molecule has 3 aromatic rings. The molecule has 1 aromatic heterocycles. The van der Waals surface area contributed by atoms with Crippen molar-refractivity contribution in [3.05, 3.63) is 76.6 Å². The monoisotopic (exact) mass is 330 g/mol. The number of benzene rings is 2. The maximum atomic E-state index is 6.16. The molecule has 6 heteroatoms. The molecule has 0 amide bonds. The zero-order valence-electron chi connectivity index (χ0n) is 11.8. The number of nitrogens with zero attached hydrogens (tertiary/aromatic N) is 3. The van der Waals surface area contributed by atoms with Gasteiger partial charge in [0.1, 0.15) is 0 Å². The van der Waals surface area contributed by atoms with Crippen molar-refractivity contribution in [3.8, 4) is 0 Å². The van der Waals surface area contributed by atoms with E-state index in [0.717, 1.165) is 22.0 Å². The Kier molecular flexibility index (Phi) is 4.65. The van der Waals surface area contributed by atoms with Crippen LogP contribution in [0.3, 0.4) is 0 Å². The van der Waals surface area contributed by atoms with Crippen molar-refractivity contribution in [1.82, 2.24) is 14.9 Å². The summed E-state index contributed by atoms with van der Waals surface area (Å²) in [4.78, 5) is 0. The Balaban J connectivity index is 1.70. The average molecular weight is 331 g/mol. The van der Waals surface area contributed by atoms with E-state index in [9.17, 15) is 0 Å². The highest BCUT2D eigenvalue weighted by atomic mass is 35.5. The van der Waals surface area contributed by atoms with Gasteiger partial charge in [0.25, 0.3) is 0 Å². The summed E-state index contributed by atoms with van der Waals surface area (Å²) in [6.07, 6.45) is 0.664. The number of thioether (sulfide) groups is 1. The Labute approximate surface area is 138 Å². The molecule has 4 nitrogen and oxygen atoms in total. The largest absolute Gasteiger partial charge is 0.336 e. The molecule has 0 aliphatic rings. The summed E-state index contributed by atoms with van der Waals surface area (Å²) in [5.41, 5.74) is 2.21. The summed E-state index contributed by atoms with van der Waals surface area (Å²) in [5, 5.41) is 9.78. The van der Waals surface area contributed by atoms with Gasteiger partial charge in [0.15, 0.2) is 5.82 Å². The summed E-state index contributed by atoms with van der Waals surface area (Å²) in [6, 6.07) is 17.8. The van der Waals surface area contributed by atoms with Gasteiger partial charge in [0.05, 0.1) is 0 Å². The zero-order valence-corrected chi connectivity index (χ0v) is 13.4. The van der Waals surface area contributed by atoms with Crippen LogP contribution in [0.2, 0.25) is 5.02 Å². The molecule has 2 aromatic carbocycles. The summed E-state index contributed by atoms with van der Waals surface area (Å²) < 4.78 is 1.55. The maximum absolute atomic E-state index is 6.16. The van der Waals surface area contributed by atoms with E-state index in [2.05, 4.69) is 10.2 Å². The lowest BCUT2D eigenvalue weighted by atomic mass is 10.1. The quantitative estimate of drug-likeness (QED) is 0.574. The molecule has 0 unspecified atom stereocenters. The number of hydrogen-bond acceptors (Lipinski definition) is 4. The van der Waals surface area contributed by atoms with Crippen LogP contribution in [-0.4, -0.2) is 14.9 Å². The molecule has 0 saturated carbocycles. The summed E-state index contributed by atoms with van der Waals surface area (Å²) in [7, 11) is 0. The second kappa shape index (κ2) is 6.85. The van der Waals surface area contributed by atoms with Crippen LogP contribution >= 0.6 is 23.4 Å². The maximum Gasteiger partial charge on any atom is 0.210 e. The van der Waals surface area contributed by atoms with Gasteiger partial charge in [-0.2, -0.15) is 0 Å². The zero-order chi connectivity index (χ0) is 15.4. The Morgan fingerprint density at radius 2 is 1.73 bits per heavy atom. The van der Waals surface area contributed by atoms with Gasteiger partial charge < -0.3 is 5.84 Å². The molecule has 112 valence electrons. The van der Waals surface area contributed by atoms with Crippen LogP contribution in [0, 0.1) is 0 Å². The van der Waals surface area contributed by atoms with Crippen molar-refractivity contribution in [2.75, 3.05) is 5.84 Å². The number of hydrogen-bond donors (Lipinski definition) is 1. The average Bonchev–Trinajstić information content (AvgIpc) is 2.88. The number of rotatable bonds is 5. The van der Waals surface area contributed by atoms with Crippen LogP contribution in [-0.2, 0) is 12.2 Å². The fourth-order valence-corrected chi connectivity index (χ4v) is 3.22. The molecule has 0 aliphatic heterocycles. The third-order valence-electron chi connectivity index (χ3n) is 3.25. The van der Waals surface area contributed by atoms with E-state index in [4.69, 9.17) is 17.4 Å². The molecule has 0 bridgehead atoms. The van der Waals surface area contributed by atoms with E-state index < -0.39 is 0 Å². The minimum absolute atomic E-state index is 0.664. The fourth-order valence-electron chi connectivity index (χ4n) is 2.06.